The molecule has 5 nitrogen and oxygen atoms in total. The molecule has 1 amide bonds. The van der Waals surface area contributed by atoms with Gasteiger partial charge in [-0.2, -0.15) is 13.2 Å². The Kier molecular flexibility index (Phi) is 6.32. The van der Waals surface area contributed by atoms with Crippen LogP contribution in [-0.4, -0.2) is 35.2 Å². The molecule has 1 aromatic carbocycles. The van der Waals surface area contributed by atoms with Gasteiger partial charge in [-0.05, 0) is 49.8 Å². The second kappa shape index (κ2) is 8.84. The number of thioether (sulfide) groups is 1. The first-order chi connectivity index (χ1) is 14.8. The predicted octanol–water partition coefficient (Wildman–Crippen LogP) is 6.33. The minimum Gasteiger partial charge on any atom is -0.356 e. The molecule has 3 aromatic rings. The first-order valence-corrected chi connectivity index (χ1v) is 12.0. The monoisotopic (exact) mass is 486 g/mol. The third-order valence-electron chi connectivity index (χ3n) is 4.95. The fourth-order valence-corrected chi connectivity index (χ4v) is 4.99. The normalized spacial score (nSPS) is 14.8. The number of halogens is 4. The Morgan fingerprint density at radius 3 is 2.61 bits per heavy atom. The molecule has 0 unspecified atom stereocenters. The summed E-state index contributed by atoms with van der Waals surface area (Å²) in [7, 11) is 0. The van der Waals surface area contributed by atoms with E-state index in [1.54, 1.807) is 6.07 Å². The van der Waals surface area contributed by atoms with Crippen molar-refractivity contribution in [1.82, 2.24) is 9.97 Å². The lowest BCUT2D eigenvalue weighted by Crippen LogP contribution is -2.30. The van der Waals surface area contributed by atoms with Crippen LogP contribution in [0.4, 0.5) is 24.7 Å². The lowest BCUT2D eigenvalue weighted by Gasteiger charge is -2.28. The summed E-state index contributed by atoms with van der Waals surface area (Å²) in [6, 6.07) is 4.92. The molecule has 0 bridgehead atoms. The molecule has 11 heteroatoms. The van der Waals surface area contributed by atoms with Crippen molar-refractivity contribution in [2.24, 2.45) is 0 Å². The lowest BCUT2D eigenvalue weighted by atomic mass is 10.1. The van der Waals surface area contributed by atoms with Crippen LogP contribution in [0.1, 0.15) is 34.5 Å². The van der Waals surface area contributed by atoms with Crippen molar-refractivity contribution in [2.45, 2.75) is 30.6 Å². The number of alkyl halides is 3. The fourth-order valence-electron chi connectivity index (χ4n) is 3.48. The minimum absolute atomic E-state index is 0.0572. The largest absolute Gasteiger partial charge is 0.418 e. The number of carbonyl (C=O) groups excluding carboxylic acids is 1. The zero-order valence-electron chi connectivity index (χ0n) is 16.4. The van der Waals surface area contributed by atoms with Crippen molar-refractivity contribution >= 4 is 62.3 Å². The van der Waals surface area contributed by atoms with Crippen molar-refractivity contribution in [1.29, 1.82) is 0 Å². The molecule has 0 spiro atoms. The maximum atomic E-state index is 13.4. The second-order valence-electron chi connectivity index (χ2n) is 7.05. The number of nitrogens with zero attached hydrogens (tertiary/aromatic N) is 3. The summed E-state index contributed by atoms with van der Waals surface area (Å²) in [6.07, 6.45) is 0.526. The summed E-state index contributed by atoms with van der Waals surface area (Å²) >= 11 is 8.26. The summed E-state index contributed by atoms with van der Waals surface area (Å²) in [5.74, 6) is 0.137. The van der Waals surface area contributed by atoms with Gasteiger partial charge in [0.25, 0.3) is 5.91 Å². The molecule has 0 radical (unpaired) electrons. The summed E-state index contributed by atoms with van der Waals surface area (Å²) in [6.45, 7) is 1.74. The van der Waals surface area contributed by atoms with Crippen LogP contribution in [0.2, 0.25) is 5.02 Å². The minimum atomic E-state index is -4.65. The van der Waals surface area contributed by atoms with Gasteiger partial charge in [-0.15, -0.1) is 11.3 Å². The summed E-state index contributed by atoms with van der Waals surface area (Å²) in [4.78, 5) is 25.0. The Labute approximate surface area is 190 Å². The van der Waals surface area contributed by atoms with E-state index in [0.717, 1.165) is 60.6 Å². The first kappa shape index (κ1) is 22.2. The molecule has 164 valence electrons. The highest BCUT2D eigenvalue weighted by molar-refractivity contribution is 7.98. The molecule has 0 saturated carbocycles. The van der Waals surface area contributed by atoms with Gasteiger partial charge in [0.15, 0.2) is 5.16 Å². The number of rotatable bonds is 4. The highest BCUT2D eigenvalue weighted by Crippen LogP contribution is 2.38. The van der Waals surface area contributed by atoms with Crippen LogP contribution in [0.3, 0.4) is 0 Å². The van der Waals surface area contributed by atoms with E-state index in [-0.39, 0.29) is 15.6 Å². The number of hydrogen-bond acceptors (Lipinski definition) is 6. The third kappa shape index (κ3) is 4.75. The van der Waals surface area contributed by atoms with Gasteiger partial charge in [-0.3, -0.25) is 4.79 Å². The fraction of sp³-hybridized carbons (Fsp3) is 0.350. The summed E-state index contributed by atoms with van der Waals surface area (Å²) in [5, 5.41) is 3.65. The van der Waals surface area contributed by atoms with Crippen LogP contribution in [0, 0.1) is 0 Å². The Balaban J connectivity index is 1.70. The quantitative estimate of drug-likeness (QED) is 0.345. The van der Waals surface area contributed by atoms with E-state index in [4.69, 9.17) is 11.6 Å². The molecule has 1 saturated heterocycles. The van der Waals surface area contributed by atoms with Gasteiger partial charge in [0, 0.05) is 18.1 Å². The highest BCUT2D eigenvalue weighted by Gasteiger charge is 2.34. The maximum absolute atomic E-state index is 13.4. The highest BCUT2D eigenvalue weighted by atomic mass is 35.5. The smallest absolute Gasteiger partial charge is 0.356 e. The first-order valence-electron chi connectivity index (χ1n) is 9.55. The summed E-state index contributed by atoms with van der Waals surface area (Å²) < 4.78 is 40.1. The molecular formula is C20H18ClF3N4OS2. The third-order valence-corrected chi connectivity index (χ3v) is 6.76. The number of fused-ring (bicyclic) bond motifs is 1. The molecular weight excluding hydrogens is 469 g/mol. The standard InChI is InChI=1S/C20H18ClF3N4OS2/c1-30-19-26-16(28-7-3-2-4-8-28)12-10-15(31-18(12)27-19)17(29)25-14-6-5-11(21)9-13(14)20(22,23)24/h5-6,9-10H,2-4,7-8H2,1H3,(H,25,29). The van der Waals surface area contributed by atoms with Gasteiger partial charge >= 0.3 is 6.18 Å². The Bertz CT molecular complexity index is 1130. The lowest BCUT2D eigenvalue weighted by molar-refractivity contribution is -0.136. The van der Waals surface area contributed by atoms with E-state index in [9.17, 15) is 18.0 Å². The molecule has 1 aliphatic rings. The molecule has 1 N–H and O–H groups in total. The zero-order valence-corrected chi connectivity index (χ0v) is 18.8. The Morgan fingerprint density at radius 2 is 1.94 bits per heavy atom. The van der Waals surface area contributed by atoms with Crippen molar-refractivity contribution < 1.29 is 18.0 Å². The average Bonchev–Trinajstić information content (AvgIpc) is 3.18. The molecule has 1 aliphatic heterocycles. The van der Waals surface area contributed by atoms with Gasteiger partial charge in [0.1, 0.15) is 10.6 Å². The number of aromatic nitrogens is 2. The Morgan fingerprint density at radius 1 is 1.19 bits per heavy atom. The number of hydrogen-bond donors (Lipinski definition) is 1. The molecule has 1 fully saturated rings. The van der Waals surface area contributed by atoms with Crippen molar-refractivity contribution in [2.75, 3.05) is 29.6 Å². The van der Waals surface area contributed by atoms with Crippen LogP contribution in [0.5, 0.6) is 0 Å². The van der Waals surface area contributed by atoms with Gasteiger partial charge in [0.05, 0.1) is 21.5 Å². The average molecular weight is 487 g/mol. The van der Waals surface area contributed by atoms with Crippen LogP contribution in [-0.2, 0) is 6.18 Å². The number of amides is 1. The van der Waals surface area contributed by atoms with Crippen LogP contribution < -0.4 is 10.2 Å². The predicted molar refractivity (Wildman–Crippen MR) is 120 cm³/mol. The number of thiophene rings is 1. The van der Waals surface area contributed by atoms with Crippen LogP contribution in [0.25, 0.3) is 10.2 Å². The van der Waals surface area contributed by atoms with Gasteiger partial charge in [-0.1, -0.05) is 23.4 Å². The maximum Gasteiger partial charge on any atom is 0.418 e. The molecule has 4 rings (SSSR count). The second-order valence-corrected chi connectivity index (χ2v) is 9.29. The molecule has 0 atom stereocenters. The van der Waals surface area contributed by atoms with E-state index in [2.05, 4.69) is 20.2 Å². The number of anilines is 2. The van der Waals surface area contributed by atoms with Crippen molar-refractivity contribution in [3.8, 4) is 0 Å². The SMILES string of the molecule is CSc1nc(N2CCCCC2)c2cc(C(=O)Nc3ccc(Cl)cc3C(F)(F)F)sc2n1. The van der Waals surface area contributed by atoms with Gasteiger partial charge in [-0.25, -0.2) is 9.97 Å². The summed E-state index contributed by atoms with van der Waals surface area (Å²) in [5.41, 5.74) is -1.33. The molecule has 0 aliphatic carbocycles. The van der Waals surface area contributed by atoms with E-state index in [0.29, 0.717) is 9.99 Å². The van der Waals surface area contributed by atoms with Gasteiger partial charge in [0.2, 0.25) is 0 Å². The number of piperidine rings is 1. The molecule has 2 aromatic heterocycles. The van der Waals surface area contributed by atoms with E-state index in [1.165, 1.54) is 24.2 Å². The number of carbonyl (C=O) groups is 1. The van der Waals surface area contributed by atoms with Crippen molar-refractivity contribution in [3.63, 3.8) is 0 Å². The van der Waals surface area contributed by atoms with E-state index < -0.39 is 17.6 Å². The van der Waals surface area contributed by atoms with Gasteiger partial charge < -0.3 is 10.2 Å². The number of nitrogens with one attached hydrogen (secondary N) is 1. The Hall–Kier alpha value is -2.04. The van der Waals surface area contributed by atoms with E-state index in [1.807, 2.05) is 6.26 Å². The topological polar surface area (TPSA) is 58.1 Å². The zero-order chi connectivity index (χ0) is 22.2. The molecule has 3 heterocycles. The van der Waals surface area contributed by atoms with Crippen LogP contribution >= 0.6 is 34.7 Å². The van der Waals surface area contributed by atoms with E-state index >= 15 is 0 Å². The van der Waals surface area contributed by atoms with Crippen molar-refractivity contribution in [3.05, 3.63) is 39.7 Å². The number of benzene rings is 1. The van der Waals surface area contributed by atoms with Crippen LogP contribution in [0.15, 0.2) is 29.4 Å². The molecule has 31 heavy (non-hydrogen) atoms.